The molecule has 1 saturated heterocycles. The molecule has 0 radical (unpaired) electrons. The standard InChI is InChI=1S/C24H31N5O2.HI/c1-3-25-24(27-16-21(22-7-6-14-30-22)29-12-4-5-13-29)26-15-20-17-31-23(28-20)19-10-8-18(2)9-11-19;/h6-11,14,17,21H,3-5,12-13,15-16H2,1-2H3,(H2,25,26,27);1H. The quantitative estimate of drug-likeness (QED) is 0.240. The van der Waals surface area contributed by atoms with Crippen LogP contribution in [0.15, 0.2) is 62.8 Å². The van der Waals surface area contributed by atoms with Crippen LogP contribution in [0.2, 0.25) is 0 Å². The number of rotatable bonds is 8. The molecule has 0 saturated carbocycles. The Labute approximate surface area is 206 Å². The molecule has 2 N–H and O–H groups in total. The van der Waals surface area contributed by atoms with Crippen LogP contribution in [-0.4, -0.2) is 42.0 Å². The first kappa shape index (κ1) is 24.3. The van der Waals surface area contributed by atoms with Gasteiger partial charge in [0.25, 0.3) is 0 Å². The van der Waals surface area contributed by atoms with E-state index in [0.717, 1.165) is 49.2 Å². The van der Waals surface area contributed by atoms with Crippen LogP contribution in [0.3, 0.4) is 0 Å². The molecule has 4 rings (SSSR count). The van der Waals surface area contributed by atoms with Gasteiger partial charge in [-0.15, -0.1) is 24.0 Å². The summed E-state index contributed by atoms with van der Waals surface area (Å²) in [6.45, 7) is 8.28. The predicted molar refractivity (Wildman–Crippen MR) is 137 cm³/mol. The van der Waals surface area contributed by atoms with E-state index in [0.29, 0.717) is 12.4 Å². The third-order valence-electron chi connectivity index (χ3n) is 5.51. The molecule has 2 aromatic heterocycles. The number of hydrogen-bond donors (Lipinski definition) is 2. The van der Waals surface area contributed by atoms with Crippen molar-refractivity contribution < 1.29 is 8.83 Å². The van der Waals surface area contributed by atoms with Gasteiger partial charge in [-0.3, -0.25) is 4.90 Å². The predicted octanol–water partition coefficient (Wildman–Crippen LogP) is 4.75. The molecule has 1 fully saturated rings. The van der Waals surface area contributed by atoms with Crippen LogP contribution in [0.1, 0.15) is 42.8 Å². The third kappa shape index (κ3) is 6.35. The lowest BCUT2D eigenvalue weighted by Gasteiger charge is -2.26. The zero-order valence-corrected chi connectivity index (χ0v) is 21.0. The van der Waals surface area contributed by atoms with Crippen molar-refractivity contribution in [3.8, 4) is 11.5 Å². The second kappa shape index (κ2) is 12.1. The molecule has 8 heteroatoms. The summed E-state index contributed by atoms with van der Waals surface area (Å²) in [5.74, 6) is 2.37. The van der Waals surface area contributed by atoms with Gasteiger partial charge in [0.05, 0.1) is 18.8 Å². The van der Waals surface area contributed by atoms with Gasteiger partial charge in [0.1, 0.15) is 17.7 Å². The van der Waals surface area contributed by atoms with E-state index >= 15 is 0 Å². The summed E-state index contributed by atoms with van der Waals surface area (Å²) in [5.41, 5.74) is 2.98. The maximum atomic E-state index is 5.72. The van der Waals surface area contributed by atoms with Crippen molar-refractivity contribution in [1.29, 1.82) is 0 Å². The van der Waals surface area contributed by atoms with Gasteiger partial charge in [-0.05, 0) is 64.0 Å². The van der Waals surface area contributed by atoms with Crippen molar-refractivity contribution in [2.45, 2.75) is 39.3 Å². The van der Waals surface area contributed by atoms with Crippen molar-refractivity contribution in [3.05, 3.63) is 65.9 Å². The first-order valence-electron chi connectivity index (χ1n) is 11.0. The number of nitrogens with one attached hydrogen (secondary N) is 2. The van der Waals surface area contributed by atoms with Crippen LogP contribution in [0, 0.1) is 6.92 Å². The highest BCUT2D eigenvalue weighted by atomic mass is 127. The van der Waals surface area contributed by atoms with E-state index in [1.165, 1.54) is 18.4 Å². The third-order valence-corrected chi connectivity index (χ3v) is 5.51. The lowest BCUT2D eigenvalue weighted by Crippen LogP contribution is -2.42. The van der Waals surface area contributed by atoms with Crippen LogP contribution in [0.4, 0.5) is 0 Å². The highest BCUT2D eigenvalue weighted by molar-refractivity contribution is 14.0. The van der Waals surface area contributed by atoms with Gasteiger partial charge in [-0.2, -0.15) is 0 Å². The van der Waals surface area contributed by atoms with E-state index in [2.05, 4.69) is 52.6 Å². The van der Waals surface area contributed by atoms with Gasteiger partial charge in [0, 0.05) is 18.7 Å². The molecule has 7 nitrogen and oxygen atoms in total. The molecule has 3 heterocycles. The summed E-state index contributed by atoms with van der Waals surface area (Å²) >= 11 is 0. The Bertz CT molecular complexity index is 963. The molecular formula is C24H32IN5O2. The number of guanidine groups is 1. The number of aliphatic imine (C=N–C) groups is 1. The number of oxazole rings is 1. The molecule has 0 spiro atoms. The smallest absolute Gasteiger partial charge is 0.226 e. The molecular weight excluding hydrogens is 517 g/mol. The first-order valence-corrected chi connectivity index (χ1v) is 11.0. The number of benzene rings is 1. The van der Waals surface area contributed by atoms with E-state index in [9.17, 15) is 0 Å². The second-order valence-electron chi connectivity index (χ2n) is 7.86. The summed E-state index contributed by atoms with van der Waals surface area (Å²) in [6, 6.07) is 12.4. The molecule has 32 heavy (non-hydrogen) atoms. The summed E-state index contributed by atoms with van der Waals surface area (Å²) < 4.78 is 11.4. The molecule has 1 aliphatic rings. The van der Waals surface area contributed by atoms with Crippen molar-refractivity contribution in [2.75, 3.05) is 26.2 Å². The number of aryl methyl sites for hydroxylation is 1. The molecule has 0 amide bonds. The van der Waals surface area contributed by atoms with Gasteiger partial charge in [-0.25, -0.2) is 9.98 Å². The minimum absolute atomic E-state index is 0. The topological polar surface area (TPSA) is 78.8 Å². The minimum Gasteiger partial charge on any atom is -0.468 e. The maximum absolute atomic E-state index is 5.72. The molecule has 1 aliphatic heterocycles. The maximum Gasteiger partial charge on any atom is 0.226 e. The van der Waals surface area contributed by atoms with Crippen LogP contribution in [0.5, 0.6) is 0 Å². The highest BCUT2D eigenvalue weighted by Gasteiger charge is 2.25. The van der Waals surface area contributed by atoms with Gasteiger partial charge in [0.2, 0.25) is 5.89 Å². The van der Waals surface area contributed by atoms with E-state index < -0.39 is 0 Å². The number of aromatic nitrogens is 1. The number of likely N-dealkylation sites (tertiary alicyclic amines) is 1. The Morgan fingerprint density at radius 1 is 1.12 bits per heavy atom. The Kier molecular flexibility index (Phi) is 9.16. The number of furan rings is 1. The lowest BCUT2D eigenvalue weighted by atomic mass is 10.1. The number of halogens is 1. The summed E-state index contributed by atoms with van der Waals surface area (Å²) in [6.07, 6.45) is 5.90. The largest absolute Gasteiger partial charge is 0.468 e. The van der Waals surface area contributed by atoms with Crippen LogP contribution >= 0.6 is 24.0 Å². The highest BCUT2D eigenvalue weighted by Crippen LogP contribution is 2.25. The first-order chi connectivity index (χ1) is 15.2. The zero-order chi connectivity index (χ0) is 21.5. The number of hydrogen-bond acceptors (Lipinski definition) is 5. The molecule has 1 aromatic carbocycles. The second-order valence-corrected chi connectivity index (χ2v) is 7.86. The fourth-order valence-corrected chi connectivity index (χ4v) is 3.85. The lowest BCUT2D eigenvalue weighted by molar-refractivity contribution is 0.215. The molecule has 172 valence electrons. The minimum atomic E-state index is 0. The fraction of sp³-hybridized carbons (Fsp3) is 0.417. The summed E-state index contributed by atoms with van der Waals surface area (Å²) in [4.78, 5) is 11.8. The average molecular weight is 549 g/mol. The molecule has 1 unspecified atom stereocenters. The van der Waals surface area contributed by atoms with Crippen molar-refractivity contribution in [1.82, 2.24) is 20.5 Å². The van der Waals surface area contributed by atoms with Gasteiger partial charge in [-0.1, -0.05) is 17.7 Å². The van der Waals surface area contributed by atoms with Gasteiger partial charge < -0.3 is 19.5 Å². The molecule has 3 aromatic rings. The van der Waals surface area contributed by atoms with Gasteiger partial charge in [0.15, 0.2) is 5.96 Å². The van der Waals surface area contributed by atoms with Gasteiger partial charge >= 0.3 is 0 Å². The van der Waals surface area contributed by atoms with Crippen molar-refractivity contribution in [2.24, 2.45) is 4.99 Å². The summed E-state index contributed by atoms with van der Waals surface area (Å²) in [7, 11) is 0. The molecule has 0 aliphatic carbocycles. The number of nitrogens with zero attached hydrogens (tertiary/aromatic N) is 3. The fourth-order valence-electron chi connectivity index (χ4n) is 3.85. The van der Waals surface area contributed by atoms with Crippen LogP contribution in [0.25, 0.3) is 11.5 Å². The Morgan fingerprint density at radius 2 is 1.91 bits per heavy atom. The Balaban J connectivity index is 0.00000289. The summed E-state index contributed by atoms with van der Waals surface area (Å²) in [5, 5.41) is 6.80. The molecule has 0 bridgehead atoms. The van der Waals surface area contributed by atoms with Crippen LogP contribution < -0.4 is 10.6 Å². The van der Waals surface area contributed by atoms with Crippen LogP contribution in [-0.2, 0) is 6.54 Å². The normalized spacial score (nSPS) is 15.4. The monoisotopic (exact) mass is 549 g/mol. The Hall–Kier alpha value is -2.33. The Morgan fingerprint density at radius 3 is 2.59 bits per heavy atom. The van der Waals surface area contributed by atoms with Crippen molar-refractivity contribution in [3.63, 3.8) is 0 Å². The SMILES string of the molecule is CCNC(=NCc1coc(-c2ccc(C)cc2)n1)NCC(c1ccco1)N1CCCC1.I. The van der Waals surface area contributed by atoms with E-state index in [-0.39, 0.29) is 30.0 Å². The molecule has 1 atom stereocenters. The zero-order valence-electron chi connectivity index (χ0n) is 18.7. The van der Waals surface area contributed by atoms with E-state index in [4.69, 9.17) is 13.8 Å². The van der Waals surface area contributed by atoms with E-state index in [1.54, 1.807) is 12.5 Å². The van der Waals surface area contributed by atoms with Crippen molar-refractivity contribution >= 4 is 29.9 Å². The van der Waals surface area contributed by atoms with E-state index in [1.807, 2.05) is 18.2 Å². The average Bonchev–Trinajstić information content (AvgIpc) is 3.56.